The summed E-state index contributed by atoms with van der Waals surface area (Å²) in [6.07, 6.45) is 0. The molecule has 1 aromatic carbocycles. The predicted molar refractivity (Wildman–Crippen MR) is 88.6 cm³/mol. The van der Waals surface area contributed by atoms with Crippen LogP contribution >= 0.6 is 22.9 Å². The second kappa shape index (κ2) is 6.96. The second-order valence-corrected chi connectivity index (χ2v) is 6.96. The first-order chi connectivity index (χ1) is 10.7. The van der Waals surface area contributed by atoms with Gasteiger partial charge in [-0.3, -0.25) is 4.90 Å². The minimum absolute atomic E-state index is 0.0368. The molecule has 2 heterocycles. The molecule has 0 bridgehead atoms. The van der Waals surface area contributed by atoms with E-state index >= 15 is 0 Å². The van der Waals surface area contributed by atoms with Gasteiger partial charge in [0, 0.05) is 36.6 Å². The number of benzene rings is 1. The lowest BCUT2D eigenvalue weighted by atomic mass is 10.0. The van der Waals surface area contributed by atoms with Gasteiger partial charge in [-0.05, 0) is 30.3 Å². The van der Waals surface area contributed by atoms with Gasteiger partial charge in [0.1, 0.15) is 11.6 Å². The number of nitrogens with one attached hydrogen (secondary N) is 1. The van der Waals surface area contributed by atoms with E-state index in [9.17, 15) is 4.39 Å². The van der Waals surface area contributed by atoms with E-state index in [4.69, 9.17) is 16.3 Å². The standard InChI is InChI=1S/C16H18ClFN2OS/c1-21-13-3-2-11(18)10-12(13)16(14-4-5-15(17)22-14)20-8-6-19-7-9-20/h2-5,10,16,19H,6-9H2,1H3. The van der Waals surface area contributed by atoms with Gasteiger partial charge >= 0.3 is 0 Å². The number of hydrogen-bond acceptors (Lipinski definition) is 4. The zero-order valence-corrected chi connectivity index (χ0v) is 13.9. The van der Waals surface area contributed by atoms with E-state index in [-0.39, 0.29) is 11.9 Å². The van der Waals surface area contributed by atoms with Crippen molar-refractivity contribution in [1.29, 1.82) is 0 Å². The highest BCUT2D eigenvalue weighted by molar-refractivity contribution is 7.16. The zero-order valence-electron chi connectivity index (χ0n) is 12.3. The van der Waals surface area contributed by atoms with E-state index in [0.717, 1.165) is 41.0 Å². The molecule has 1 aliphatic heterocycles. The Morgan fingerprint density at radius 3 is 2.68 bits per heavy atom. The van der Waals surface area contributed by atoms with Gasteiger partial charge in [0.05, 0.1) is 17.5 Å². The van der Waals surface area contributed by atoms with Crippen LogP contribution in [0.15, 0.2) is 30.3 Å². The molecule has 0 saturated carbocycles. The molecule has 0 aliphatic carbocycles. The summed E-state index contributed by atoms with van der Waals surface area (Å²) in [6, 6.07) is 8.56. The first-order valence-corrected chi connectivity index (χ1v) is 8.42. The van der Waals surface area contributed by atoms with E-state index in [2.05, 4.69) is 10.2 Å². The first kappa shape index (κ1) is 15.7. The fourth-order valence-corrected chi connectivity index (χ4v) is 4.08. The molecule has 1 fully saturated rings. The van der Waals surface area contributed by atoms with Gasteiger partial charge in [0.15, 0.2) is 0 Å². The number of thiophene rings is 1. The van der Waals surface area contributed by atoms with Crippen molar-refractivity contribution < 1.29 is 9.13 Å². The van der Waals surface area contributed by atoms with Crippen molar-refractivity contribution in [3.63, 3.8) is 0 Å². The minimum Gasteiger partial charge on any atom is -0.496 e. The Labute approximate surface area is 138 Å². The van der Waals surface area contributed by atoms with Crippen molar-refractivity contribution in [1.82, 2.24) is 10.2 Å². The van der Waals surface area contributed by atoms with Crippen LogP contribution in [0.5, 0.6) is 5.75 Å². The highest BCUT2D eigenvalue weighted by Gasteiger charge is 2.28. The molecule has 118 valence electrons. The summed E-state index contributed by atoms with van der Waals surface area (Å²) in [7, 11) is 1.62. The van der Waals surface area contributed by atoms with Gasteiger partial charge in [-0.2, -0.15) is 0 Å². The molecule has 6 heteroatoms. The fraction of sp³-hybridized carbons (Fsp3) is 0.375. The van der Waals surface area contributed by atoms with Crippen molar-refractivity contribution >= 4 is 22.9 Å². The van der Waals surface area contributed by atoms with Crippen molar-refractivity contribution in [2.45, 2.75) is 6.04 Å². The average Bonchev–Trinajstić information content (AvgIpc) is 2.95. The minimum atomic E-state index is -0.251. The number of methoxy groups -OCH3 is 1. The Balaban J connectivity index is 2.06. The maximum absolute atomic E-state index is 13.8. The topological polar surface area (TPSA) is 24.5 Å². The second-order valence-electron chi connectivity index (χ2n) is 5.22. The number of hydrogen-bond donors (Lipinski definition) is 1. The van der Waals surface area contributed by atoms with E-state index in [1.54, 1.807) is 19.2 Å². The van der Waals surface area contributed by atoms with Crippen molar-refractivity contribution in [3.8, 4) is 5.75 Å². The molecule has 3 rings (SSSR count). The number of nitrogens with zero attached hydrogens (tertiary/aromatic N) is 1. The van der Waals surface area contributed by atoms with Crippen LogP contribution in [0.3, 0.4) is 0 Å². The average molecular weight is 341 g/mol. The van der Waals surface area contributed by atoms with Gasteiger partial charge in [0.2, 0.25) is 0 Å². The maximum atomic E-state index is 13.8. The largest absolute Gasteiger partial charge is 0.496 e. The van der Waals surface area contributed by atoms with Crippen LogP contribution in [0.2, 0.25) is 4.34 Å². The Hall–Kier alpha value is -1.14. The van der Waals surface area contributed by atoms with Gasteiger partial charge < -0.3 is 10.1 Å². The normalized spacial score (nSPS) is 17.4. The predicted octanol–water partition coefficient (Wildman–Crippen LogP) is 3.54. The molecule has 0 spiro atoms. The Bertz CT molecular complexity index is 643. The summed E-state index contributed by atoms with van der Waals surface area (Å²) in [6.45, 7) is 3.65. The third kappa shape index (κ3) is 3.27. The summed E-state index contributed by atoms with van der Waals surface area (Å²) in [4.78, 5) is 3.45. The van der Waals surface area contributed by atoms with Crippen LogP contribution in [0.25, 0.3) is 0 Å². The lowest BCUT2D eigenvalue weighted by Gasteiger charge is -2.35. The summed E-state index contributed by atoms with van der Waals surface area (Å²) in [5.41, 5.74) is 0.850. The SMILES string of the molecule is COc1ccc(F)cc1C(c1ccc(Cl)s1)N1CCNCC1. The first-order valence-electron chi connectivity index (χ1n) is 7.22. The summed E-state index contributed by atoms with van der Waals surface area (Å²) in [5, 5.41) is 3.35. The van der Waals surface area contributed by atoms with Gasteiger partial charge in [-0.15, -0.1) is 11.3 Å². The molecular formula is C16H18ClFN2OS. The third-order valence-corrected chi connectivity index (χ3v) is 5.15. The van der Waals surface area contributed by atoms with Crippen LogP contribution in [0.1, 0.15) is 16.5 Å². The molecule has 1 saturated heterocycles. The molecule has 0 amide bonds. The number of halogens is 2. The molecule has 0 radical (unpaired) electrons. The lowest BCUT2D eigenvalue weighted by molar-refractivity contribution is 0.197. The highest BCUT2D eigenvalue weighted by atomic mass is 35.5. The zero-order chi connectivity index (χ0) is 15.5. The molecule has 1 N–H and O–H groups in total. The molecule has 3 nitrogen and oxygen atoms in total. The van der Waals surface area contributed by atoms with Crippen molar-refractivity contribution in [2.75, 3.05) is 33.3 Å². The van der Waals surface area contributed by atoms with E-state index in [1.807, 2.05) is 12.1 Å². The van der Waals surface area contributed by atoms with E-state index < -0.39 is 0 Å². The number of piperazine rings is 1. The van der Waals surface area contributed by atoms with Crippen molar-refractivity contribution in [3.05, 3.63) is 50.9 Å². The molecule has 1 atom stereocenters. The van der Waals surface area contributed by atoms with E-state index in [0.29, 0.717) is 5.75 Å². The quantitative estimate of drug-likeness (QED) is 0.921. The van der Waals surface area contributed by atoms with Crippen LogP contribution in [-0.4, -0.2) is 38.2 Å². The Kier molecular flexibility index (Phi) is 4.98. The number of ether oxygens (including phenoxy) is 1. The fourth-order valence-electron chi connectivity index (χ4n) is 2.86. The molecular weight excluding hydrogens is 323 g/mol. The summed E-state index contributed by atoms with van der Waals surface area (Å²) >= 11 is 7.65. The lowest BCUT2D eigenvalue weighted by Crippen LogP contribution is -2.45. The highest BCUT2D eigenvalue weighted by Crippen LogP contribution is 2.39. The van der Waals surface area contributed by atoms with Crippen LogP contribution in [0.4, 0.5) is 4.39 Å². The van der Waals surface area contributed by atoms with Crippen LogP contribution in [0, 0.1) is 5.82 Å². The smallest absolute Gasteiger partial charge is 0.124 e. The molecule has 1 aromatic heterocycles. The molecule has 2 aromatic rings. The monoisotopic (exact) mass is 340 g/mol. The number of rotatable bonds is 4. The van der Waals surface area contributed by atoms with Crippen LogP contribution < -0.4 is 10.1 Å². The third-order valence-electron chi connectivity index (χ3n) is 3.87. The Morgan fingerprint density at radius 2 is 2.05 bits per heavy atom. The molecule has 22 heavy (non-hydrogen) atoms. The molecule has 1 aliphatic rings. The maximum Gasteiger partial charge on any atom is 0.124 e. The van der Waals surface area contributed by atoms with Crippen LogP contribution in [-0.2, 0) is 0 Å². The van der Waals surface area contributed by atoms with Gasteiger partial charge in [0.25, 0.3) is 0 Å². The molecule has 1 unspecified atom stereocenters. The summed E-state index contributed by atoms with van der Waals surface area (Å²) < 4.78 is 20.0. The van der Waals surface area contributed by atoms with Gasteiger partial charge in [-0.25, -0.2) is 4.39 Å². The van der Waals surface area contributed by atoms with Crippen molar-refractivity contribution in [2.24, 2.45) is 0 Å². The van der Waals surface area contributed by atoms with Gasteiger partial charge in [-0.1, -0.05) is 11.6 Å². The summed E-state index contributed by atoms with van der Waals surface area (Å²) in [5.74, 6) is 0.452. The van der Waals surface area contributed by atoms with E-state index in [1.165, 1.54) is 17.4 Å². The Morgan fingerprint density at radius 1 is 1.27 bits per heavy atom.